The first-order valence-electron chi connectivity index (χ1n) is 35.6. The lowest BCUT2D eigenvalue weighted by molar-refractivity contribution is 1.05. The maximum Gasteiger partial charge on any atom is 0.162 e. The number of hydrogen-bond donors (Lipinski definition) is 0. The molecular weight excluding hydrogens is 1290 g/mol. The molecule has 8 aromatic heterocycles. The van der Waals surface area contributed by atoms with E-state index in [9.17, 15) is 0 Å². The number of benzene rings is 13. The summed E-state index contributed by atoms with van der Waals surface area (Å²) >= 11 is 0. The van der Waals surface area contributed by atoms with Crippen LogP contribution in [0.2, 0.25) is 0 Å². The number of fused-ring (bicyclic) bond motifs is 12. The SMILES string of the molecule is c1ccc(-c2cc(-n3c4ccccc4c4cc(-c5ccc6c(c5)c5ccccc5n6-c5ccccc5)ccc43)nc(-c3ccccc3)n2)cc1.c1ccc(-n2c3ccccc3c3cc(-c4ccc5c(c4)c4ccccc4n5-c4cc(-c5ccc(-c6ccncc6)cc5)nc(-c5ccncc5)n4)ccc32)cc1. The molecule has 10 nitrogen and oxygen atoms in total. The van der Waals surface area contributed by atoms with Gasteiger partial charge in [0, 0.05) is 114 Å². The van der Waals surface area contributed by atoms with E-state index in [1.165, 1.54) is 76.5 Å². The molecule has 8 heterocycles. The van der Waals surface area contributed by atoms with Crippen LogP contribution in [0.1, 0.15) is 0 Å². The summed E-state index contributed by atoms with van der Waals surface area (Å²) in [5.74, 6) is 2.98. The van der Waals surface area contributed by atoms with E-state index in [1.807, 2.05) is 60.9 Å². The predicted molar refractivity (Wildman–Crippen MR) is 435 cm³/mol. The predicted octanol–water partition coefficient (Wildman–Crippen LogP) is 23.8. The molecule has 0 aliphatic rings. The molecule has 0 atom stereocenters. The molecule has 0 amide bonds. The van der Waals surface area contributed by atoms with Crippen molar-refractivity contribution in [3.05, 3.63) is 377 Å². The summed E-state index contributed by atoms with van der Waals surface area (Å²) in [6, 6.07) is 124. The molecule has 0 aliphatic heterocycles. The molecule has 0 spiro atoms. The van der Waals surface area contributed by atoms with Crippen molar-refractivity contribution < 1.29 is 0 Å². The number of rotatable bonds is 11. The Labute approximate surface area is 610 Å². The molecule has 0 bridgehead atoms. The van der Waals surface area contributed by atoms with Gasteiger partial charge >= 0.3 is 0 Å². The second-order valence-electron chi connectivity index (χ2n) is 26.7. The Morgan fingerprint density at radius 1 is 0.170 bits per heavy atom. The first kappa shape index (κ1) is 61.4. The van der Waals surface area contributed by atoms with E-state index < -0.39 is 0 Å². The van der Waals surface area contributed by atoms with Crippen LogP contribution < -0.4 is 0 Å². The van der Waals surface area contributed by atoms with Crippen LogP contribution in [0.25, 0.3) is 189 Å². The van der Waals surface area contributed by atoms with E-state index in [-0.39, 0.29) is 0 Å². The summed E-state index contributed by atoms with van der Waals surface area (Å²) in [6.45, 7) is 0. The Morgan fingerprint density at radius 2 is 0.434 bits per heavy atom. The van der Waals surface area contributed by atoms with E-state index in [0.29, 0.717) is 11.6 Å². The highest BCUT2D eigenvalue weighted by Crippen LogP contribution is 2.42. The van der Waals surface area contributed by atoms with Gasteiger partial charge in [-0.2, -0.15) is 0 Å². The molecule has 0 unspecified atom stereocenters. The molecule has 0 fully saturated rings. The summed E-state index contributed by atoms with van der Waals surface area (Å²) < 4.78 is 9.27. The standard InChI is InChI=1S/C50H32N6.C46H30N4/c1-2-8-39(9-3-1)55-45-12-6-4-10-40(45)42-30-37(18-20-47(42)55)38-19-21-48-43(31-38)41-11-5-7-13-46(41)56(48)49-32-44(53-50(54-49)36-24-28-52-29-25-36)35-16-14-33(15-17-35)34-22-26-51-27-23-34;1-4-14-31(15-5-1)40-30-45(48-46(47-40)32-16-6-2-7-17-32)50-42-23-13-11-21-37(42)39-29-34(25-27-44(39)50)33-24-26-43-38(28-33)36-20-10-12-22-41(36)49(43)35-18-8-3-9-19-35/h1-32H;1-30H. The highest BCUT2D eigenvalue weighted by molar-refractivity contribution is 6.15. The Hall–Kier alpha value is -14.5. The summed E-state index contributed by atoms with van der Waals surface area (Å²) in [7, 11) is 0. The summed E-state index contributed by atoms with van der Waals surface area (Å²) in [4.78, 5) is 29.0. The zero-order valence-corrected chi connectivity index (χ0v) is 57.3. The largest absolute Gasteiger partial charge is 0.309 e. The Morgan fingerprint density at radius 3 is 0.821 bits per heavy atom. The van der Waals surface area contributed by atoms with Crippen molar-refractivity contribution in [1.29, 1.82) is 0 Å². The molecule has 0 aliphatic carbocycles. The van der Waals surface area contributed by atoms with E-state index >= 15 is 0 Å². The lowest BCUT2D eigenvalue weighted by atomic mass is 10.0. The van der Waals surface area contributed by atoms with Gasteiger partial charge in [0.05, 0.1) is 55.5 Å². The Bertz CT molecular complexity index is 6850. The average Bonchev–Trinajstić information content (AvgIpc) is 1.63. The molecule has 106 heavy (non-hydrogen) atoms. The van der Waals surface area contributed by atoms with Gasteiger partial charge in [-0.3, -0.25) is 19.1 Å². The topological polar surface area (TPSA) is 97.1 Å². The van der Waals surface area contributed by atoms with Crippen molar-refractivity contribution in [1.82, 2.24) is 48.2 Å². The first-order chi connectivity index (χ1) is 52.6. The number of aromatic nitrogens is 10. The van der Waals surface area contributed by atoms with Gasteiger partial charge in [-0.15, -0.1) is 0 Å². The maximum atomic E-state index is 5.22. The highest BCUT2D eigenvalue weighted by Gasteiger charge is 2.22. The van der Waals surface area contributed by atoms with Crippen molar-refractivity contribution in [3.63, 3.8) is 0 Å². The molecule has 0 N–H and O–H groups in total. The summed E-state index contributed by atoms with van der Waals surface area (Å²) in [6.07, 6.45) is 7.21. The van der Waals surface area contributed by atoms with Crippen LogP contribution in [0.4, 0.5) is 0 Å². The summed E-state index contributed by atoms with van der Waals surface area (Å²) in [5.41, 5.74) is 24.1. The quantitative estimate of drug-likeness (QED) is 0.128. The Balaban J connectivity index is 0.000000141. The maximum absolute atomic E-state index is 5.22. The summed E-state index contributed by atoms with van der Waals surface area (Å²) in [5, 5.41) is 9.66. The molecule has 21 rings (SSSR count). The molecule has 13 aromatic carbocycles. The van der Waals surface area contributed by atoms with Crippen molar-refractivity contribution in [2.45, 2.75) is 0 Å². The lowest BCUT2D eigenvalue weighted by Crippen LogP contribution is -2.02. The minimum atomic E-state index is 0.642. The van der Waals surface area contributed by atoms with Crippen molar-refractivity contribution >= 4 is 87.2 Å². The molecular formula is C96H62N10. The van der Waals surface area contributed by atoms with Crippen molar-refractivity contribution in [2.75, 3.05) is 0 Å². The normalized spacial score (nSPS) is 11.6. The first-order valence-corrected chi connectivity index (χ1v) is 35.6. The van der Waals surface area contributed by atoms with Crippen LogP contribution in [-0.2, 0) is 0 Å². The molecule has 0 saturated heterocycles. The van der Waals surface area contributed by atoms with Crippen molar-refractivity contribution in [2.24, 2.45) is 0 Å². The third-order valence-electron chi connectivity index (χ3n) is 20.5. The van der Waals surface area contributed by atoms with E-state index in [4.69, 9.17) is 19.9 Å². The van der Waals surface area contributed by atoms with Gasteiger partial charge < -0.3 is 9.13 Å². The highest BCUT2D eigenvalue weighted by atomic mass is 15.1. The minimum Gasteiger partial charge on any atom is -0.309 e. The monoisotopic (exact) mass is 1350 g/mol. The minimum absolute atomic E-state index is 0.642. The van der Waals surface area contributed by atoms with Gasteiger partial charge in [-0.1, -0.05) is 218 Å². The molecule has 21 aromatic rings. The van der Waals surface area contributed by atoms with Crippen LogP contribution in [0.15, 0.2) is 377 Å². The van der Waals surface area contributed by atoms with Crippen LogP contribution in [0, 0.1) is 0 Å². The number of pyridine rings is 2. The fraction of sp³-hybridized carbons (Fsp3) is 0. The lowest BCUT2D eigenvalue weighted by Gasteiger charge is -2.12. The van der Waals surface area contributed by atoms with Crippen LogP contribution in [0.5, 0.6) is 0 Å². The van der Waals surface area contributed by atoms with E-state index in [1.54, 1.807) is 12.4 Å². The molecule has 0 saturated carbocycles. The van der Waals surface area contributed by atoms with Gasteiger partial charge in [-0.25, -0.2) is 19.9 Å². The molecule has 0 radical (unpaired) electrons. The molecule has 496 valence electrons. The third-order valence-corrected chi connectivity index (χ3v) is 20.5. The molecule has 10 heteroatoms. The second kappa shape index (κ2) is 25.8. The van der Waals surface area contributed by atoms with Gasteiger partial charge in [0.1, 0.15) is 11.6 Å². The van der Waals surface area contributed by atoms with Crippen LogP contribution in [0.3, 0.4) is 0 Å². The zero-order valence-electron chi connectivity index (χ0n) is 57.3. The smallest absolute Gasteiger partial charge is 0.162 e. The fourth-order valence-electron chi connectivity index (χ4n) is 15.5. The zero-order chi connectivity index (χ0) is 70.0. The fourth-order valence-corrected chi connectivity index (χ4v) is 15.5. The Kier molecular flexibility index (Phi) is 15.0. The van der Waals surface area contributed by atoms with E-state index in [0.717, 1.165) is 101 Å². The van der Waals surface area contributed by atoms with Gasteiger partial charge in [-0.05, 0) is 155 Å². The number of para-hydroxylation sites is 6. The van der Waals surface area contributed by atoms with Crippen LogP contribution >= 0.6 is 0 Å². The van der Waals surface area contributed by atoms with E-state index in [2.05, 4.69) is 332 Å². The average molecular weight is 1360 g/mol. The second-order valence-corrected chi connectivity index (χ2v) is 26.7. The van der Waals surface area contributed by atoms with Crippen molar-refractivity contribution in [3.8, 4) is 102 Å². The number of hydrogen-bond acceptors (Lipinski definition) is 6. The number of nitrogens with zero attached hydrogens (tertiary/aromatic N) is 10. The van der Waals surface area contributed by atoms with Crippen LogP contribution in [-0.4, -0.2) is 48.2 Å². The third kappa shape index (κ3) is 10.7. The van der Waals surface area contributed by atoms with Gasteiger partial charge in [0.25, 0.3) is 0 Å². The van der Waals surface area contributed by atoms with Gasteiger partial charge in [0.15, 0.2) is 11.6 Å². The van der Waals surface area contributed by atoms with Gasteiger partial charge in [0.2, 0.25) is 0 Å².